The van der Waals surface area contributed by atoms with Crippen LogP contribution in [0.3, 0.4) is 0 Å². The van der Waals surface area contributed by atoms with Gasteiger partial charge in [0.05, 0.1) is 11.7 Å². The Bertz CT molecular complexity index is 633. The average molecular weight is 302 g/mol. The van der Waals surface area contributed by atoms with Gasteiger partial charge in [0.15, 0.2) is 5.11 Å². The van der Waals surface area contributed by atoms with E-state index in [1.165, 1.54) is 11.1 Å². The largest absolute Gasteiger partial charge is 0.354 e. The number of hydrogen-bond acceptors (Lipinski definition) is 2. The first-order chi connectivity index (χ1) is 10.0. The maximum absolute atomic E-state index is 5.42. The SMILES string of the molecule is CCn1nccc1C(C)NC(=S)Nc1cc(C)ccc1C. The van der Waals surface area contributed by atoms with E-state index < -0.39 is 0 Å². The Morgan fingerprint density at radius 3 is 2.81 bits per heavy atom. The minimum atomic E-state index is 0.109. The van der Waals surface area contributed by atoms with E-state index in [-0.39, 0.29) is 6.04 Å². The van der Waals surface area contributed by atoms with E-state index in [1.807, 2.05) is 16.9 Å². The molecule has 21 heavy (non-hydrogen) atoms. The number of rotatable bonds is 4. The molecule has 1 unspecified atom stereocenters. The molecule has 1 atom stereocenters. The van der Waals surface area contributed by atoms with Crippen molar-refractivity contribution in [2.75, 3.05) is 5.32 Å². The van der Waals surface area contributed by atoms with Gasteiger partial charge in [-0.05, 0) is 63.2 Å². The quantitative estimate of drug-likeness (QED) is 0.847. The van der Waals surface area contributed by atoms with Gasteiger partial charge in [0, 0.05) is 18.4 Å². The smallest absolute Gasteiger partial charge is 0.171 e. The first-order valence-corrected chi connectivity index (χ1v) is 7.58. The molecular weight excluding hydrogens is 280 g/mol. The summed E-state index contributed by atoms with van der Waals surface area (Å²) in [4.78, 5) is 0. The Hall–Kier alpha value is -1.88. The Morgan fingerprint density at radius 2 is 2.10 bits per heavy atom. The molecule has 2 aromatic rings. The second kappa shape index (κ2) is 6.72. The number of aromatic nitrogens is 2. The van der Waals surface area contributed by atoms with Crippen molar-refractivity contribution in [1.29, 1.82) is 0 Å². The predicted octanol–water partition coefficient (Wildman–Crippen LogP) is 3.57. The second-order valence-electron chi connectivity index (χ2n) is 5.21. The van der Waals surface area contributed by atoms with Crippen molar-refractivity contribution in [2.24, 2.45) is 0 Å². The summed E-state index contributed by atoms with van der Waals surface area (Å²) in [6.07, 6.45) is 1.82. The van der Waals surface area contributed by atoms with Crippen LogP contribution in [0, 0.1) is 13.8 Å². The van der Waals surface area contributed by atoms with Crippen LogP contribution in [-0.2, 0) is 6.54 Å². The lowest BCUT2D eigenvalue weighted by molar-refractivity contribution is 0.568. The molecule has 2 rings (SSSR count). The minimum Gasteiger partial charge on any atom is -0.354 e. The molecule has 0 aliphatic heterocycles. The lowest BCUT2D eigenvalue weighted by Gasteiger charge is -2.19. The molecule has 0 radical (unpaired) electrons. The van der Waals surface area contributed by atoms with Crippen molar-refractivity contribution in [2.45, 2.75) is 40.3 Å². The second-order valence-corrected chi connectivity index (χ2v) is 5.62. The third kappa shape index (κ3) is 3.82. The summed E-state index contributed by atoms with van der Waals surface area (Å²) in [7, 11) is 0. The number of nitrogens with zero attached hydrogens (tertiary/aromatic N) is 2. The van der Waals surface area contributed by atoms with Crippen molar-refractivity contribution in [3.8, 4) is 0 Å². The highest BCUT2D eigenvalue weighted by Crippen LogP contribution is 2.17. The zero-order chi connectivity index (χ0) is 15.4. The van der Waals surface area contributed by atoms with E-state index in [9.17, 15) is 0 Å². The first kappa shape index (κ1) is 15.5. The molecule has 112 valence electrons. The molecule has 5 heteroatoms. The van der Waals surface area contributed by atoms with E-state index in [0.29, 0.717) is 5.11 Å². The average Bonchev–Trinajstić information content (AvgIpc) is 2.91. The molecule has 0 aliphatic rings. The number of anilines is 1. The first-order valence-electron chi connectivity index (χ1n) is 7.17. The summed E-state index contributed by atoms with van der Waals surface area (Å²) in [6.45, 7) is 9.16. The highest BCUT2D eigenvalue weighted by molar-refractivity contribution is 7.80. The van der Waals surface area contributed by atoms with Crippen LogP contribution in [0.15, 0.2) is 30.5 Å². The van der Waals surface area contributed by atoms with Crippen LogP contribution in [0.2, 0.25) is 0 Å². The van der Waals surface area contributed by atoms with Crippen molar-refractivity contribution >= 4 is 23.0 Å². The number of aryl methyl sites for hydroxylation is 3. The van der Waals surface area contributed by atoms with E-state index in [0.717, 1.165) is 17.9 Å². The Kier molecular flexibility index (Phi) is 4.96. The topological polar surface area (TPSA) is 41.9 Å². The molecular formula is C16H22N4S. The molecule has 2 N–H and O–H groups in total. The molecule has 1 aromatic carbocycles. The van der Waals surface area contributed by atoms with Gasteiger partial charge in [-0.2, -0.15) is 5.10 Å². The standard InChI is InChI=1S/C16H22N4S/c1-5-20-15(8-9-17-20)13(4)18-16(21)19-14-10-11(2)6-7-12(14)3/h6-10,13H,5H2,1-4H3,(H2,18,19,21). The van der Waals surface area contributed by atoms with Crippen LogP contribution < -0.4 is 10.6 Å². The molecule has 4 nitrogen and oxygen atoms in total. The van der Waals surface area contributed by atoms with Crippen molar-refractivity contribution < 1.29 is 0 Å². The van der Waals surface area contributed by atoms with Crippen LogP contribution >= 0.6 is 12.2 Å². The van der Waals surface area contributed by atoms with Crippen molar-refractivity contribution in [3.05, 3.63) is 47.3 Å². The van der Waals surface area contributed by atoms with E-state index in [1.54, 1.807) is 0 Å². The van der Waals surface area contributed by atoms with Gasteiger partial charge in [-0.15, -0.1) is 0 Å². The fourth-order valence-electron chi connectivity index (χ4n) is 2.27. The highest BCUT2D eigenvalue weighted by Gasteiger charge is 2.12. The number of benzene rings is 1. The number of nitrogens with one attached hydrogen (secondary N) is 2. The Labute approximate surface area is 131 Å². The van der Waals surface area contributed by atoms with Gasteiger partial charge >= 0.3 is 0 Å². The minimum absolute atomic E-state index is 0.109. The lowest BCUT2D eigenvalue weighted by atomic mass is 10.1. The van der Waals surface area contributed by atoms with Crippen molar-refractivity contribution in [3.63, 3.8) is 0 Å². The zero-order valence-corrected chi connectivity index (χ0v) is 13.8. The van der Waals surface area contributed by atoms with Gasteiger partial charge in [0.1, 0.15) is 0 Å². The van der Waals surface area contributed by atoms with Gasteiger partial charge in [0.2, 0.25) is 0 Å². The lowest BCUT2D eigenvalue weighted by Crippen LogP contribution is -2.32. The molecule has 0 saturated carbocycles. The fraction of sp³-hybridized carbons (Fsp3) is 0.375. The third-order valence-corrected chi connectivity index (χ3v) is 3.70. The maximum atomic E-state index is 5.42. The molecule has 0 aliphatic carbocycles. The van der Waals surface area contributed by atoms with Crippen LogP contribution in [0.25, 0.3) is 0 Å². The van der Waals surface area contributed by atoms with E-state index in [2.05, 4.69) is 61.6 Å². The summed E-state index contributed by atoms with van der Waals surface area (Å²) in [5, 5.41) is 11.5. The summed E-state index contributed by atoms with van der Waals surface area (Å²) in [6, 6.07) is 8.42. The van der Waals surface area contributed by atoms with Crippen molar-refractivity contribution in [1.82, 2.24) is 15.1 Å². The Morgan fingerprint density at radius 1 is 1.33 bits per heavy atom. The van der Waals surface area contributed by atoms with Crippen LogP contribution in [0.4, 0.5) is 5.69 Å². The van der Waals surface area contributed by atoms with Crippen LogP contribution in [-0.4, -0.2) is 14.9 Å². The molecule has 1 aromatic heterocycles. The Balaban J connectivity index is 2.03. The summed E-state index contributed by atoms with van der Waals surface area (Å²) in [5.74, 6) is 0. The summed E-state index contributed by atoms with van der Waals surface area (Å²) in [5.41, 5.74) is 4.56. The van der Waals surface area contributed by atoms with Gasteiger partial charge in [-0.3, -0.25) is 4.68 Å². The van der Waals surface area contributed by atoms with Gasteiger partial charge < -0.3 is 10.6 Å². The third-order valence-electron chi connectivity index (χ3n) is 3.48. The molecule has 0 fully saturated rings. The molecule has 1 heterocycles. The fourth-order valence-corrected chi connectivity index (χ4v) is 2.56. The summed E-state index contributed by atoms with van der Waals surface area (Å²) < 4.78 is 1.97. The molecule has 0 saturated heterocycles. The zero-order valence-electron chi connectivity index (χ0n) is 13.0. The highest BCUT2D eigenvalue weighted by atomic mass is 32.1. The molecule has 0 spiro atoms. The molecule has 0 bridgehead atoms. The number of hydrogen-bond donors (Lipinski definition) is 2. The van der Waals surface area contributed by atoms with Gasteiger partial charge in [-0.1, -0.05) is 12.1 Å². The monoisotopic (exact) mass is 302 g/mol. The molecule has 0 amide bonds. The number of thiocarbonyl (C=S) groups is 1. The van der Waals surface area contributed by atoms with E-state index in [4.69, 9.17) is 12.2 Å². The van der Waals surface area contributed by atoms with Crippen LogP contribution in [0.5, 0.6) is 0 Å². The maximum Gasteiger partial charge on any atom is 0.171 e. The van der Waals surface area contributed by atoms with E-state index >= 15 is 0 Å². The normalized spacial score (nSPS) is 12.0. The van der Waals surface area contributed by atoms with Crippen LogP contribution in [0.1, 0.15) is 36.7 Å². The predicted molar refractivity (Wildman–Crippen MR) is 91.6 cm³/mol. The van der Waals surface area contributed by atoms with Gasteiger partial charge in [0.25, 0.3) is 0 Å². The summed E-state index contributed by atoms with van der Waals surface area (Å²) >= 11 is 5.42. The van der Waals surface area contributed by atoms with Gasteiger partial charge in [-0.25, -0.2) is 0 Å².